The van der Waals surface area contributed by atoms with Gasteiger partial charge in [0.05, 0.1) is 11.7 Å². The fourth-order valence-electron chi connectivity index (χ4n) is 5.46. The summed E-state index contributed by atoms with van der Waals surface area (Å²) in [5.74, 6) is 0.825. The minimum atomic E-state index is -0.632. The number of nitrogens with one attached hydrogen (secondary N) is 2. The first-order valence-corrected chi connectivity index (χ1v) is 12.8. The van der Waals surface area contributed by atoms with Gasteiger partial charge in [0.25, 0.3) is 0 Å². The maximum atomic E-state index is 14.9. The first-order valence-electron chi connectivity index (χ1n) is 12.8. The number of fused-ring (bicyclic) bond motifs is 1. The summed E-state index contributed by atoms with van der Waals surface area (Å²) in [4.78, 5) is 19.9. The number of anilines is 2. The van der Waals surface area contributed by atoms with E-state index < -0.39 is 11.6 Å². The lowest BCUT2D eigenvalue weighted by Crippen LogP contribution is -2.44. The van der Waals surface area contributed by atoms with Crippen molar-refractivity contribution < 1.29 is 8.78 Å². The summed E-state index contributed by atoms with van der Waals surface area (Å²) in [6.45, 7) is 10.1. The van der Waals surface area contributed by atoms with Gasteiger partial charge in [0.2, 0.25) is 5.95 Å². The van der Waals surface area contributed by atoms with E-state index in [1.807, 2.05) is 37.6 Å². The van der Waals surface area contributed by atoms with E-state index >= 15 is 0 Å². The highest BCUT2D eigenvalue weighted by Gasteiger charge is 2.42. The lowest BCUT2D eigenvalue weighted by atomic mass is 10.1. The van der Waals surface area contributed by atoms with Crippen LogP contribution in [0.25, 0.3) is 22.3 Å². The summed E-state index contributed by atoms with van der Waals surface area (Å²) in [6, 6.07) is 7.64. The van der Waals surface area contributed by atoms with Gasteiger partial charge in [0.15, 0.2) is 11.6 Å². The Balaban J connectivity index is 1.23. The Labute approximate surface area is 214 Å². The molecule has 1 aliphatic carbocycles. The van der Waals surface area contributed by atoms with E-state index in [1.165, 1.54) is 11.6 Å². The van der Waals surface area contributed by atoms with Gasteiger partial charge in [-0.15, -0.1) is 0 Å². The lowest BCUT2D eigenvalue weighted by molar-refractivity contribution is 0.228. The average molecular weight is 505 g/mol. The second kappa shape index (κ2) is 9.42. The first-order chi connectivity index (χ1) is 17.9. The molecule has 1 aromatic carbocycles. The van der Waals surface area contributed by atoms with E-state index in [9.17, 15) is 8.78 Å². The molecule has 0 spiro atoms. The summed E-state index contributed by atoms with van der Waals surface area (Å²) in [5.41, 5.74) is 2.43. The molecule has 4 aromatic rings. The molecule has 4 heterocycles. The van der Waals surface area contributed by atoms with E-state index in [4.69, 9.17) is 0 Å². The minimum Gasteiger partial charge on any atom is -0.326 e. The SMILES string of the molecule is Cc1nc2c(F)cc(-c3nc(Nc4ccc(C5CC5N5CCNCC5)cn4)ncc3F)cc2n1C(C)C. The maximum absolute atomic E-state index is 14.9. The molecular formula is C27H30F2N8. The molecule has 0 radical (unpaired) electrons. The Hall–Kier alpha value is -3.50. The Morgan fingerprint density at radius 3 is 2.57 bits per heavy atom. The number of nitrogens with zero attached hydrogens (tertiary/aromatic N) is 6. The van der Waals surface area contributed by atoms with Crippen molar-refractivity contribution in [1.82, 2.24) is 34.7 Å². The summed E-state index contributed by atoms with van der Waals surface area (Å²) in [5, 5.41) is 6.46. The maximum Gasteiger partial charge on any atom is 0.229 e. The number of pyridine rings is 1. The molecule has 2 atom stereocenters. The zero-order valence-corrected chi connectivity index (χ0v) is 21.2. The summed E-state index contributed by atoms with van der Waals surface area (Å²) in [6.07, 6.45) is 4.14. The van der Waals surface area contributed by atoms with Crippen LogP contribution < -0.4 is 10.6 Å². The molecule has 3 aromatic heterocycles. The normalized spacial score (nSPS) is 20.1. The monoisotopic (exact) mass is 504 g/mol. The number of hydrogen-bond acceptors (Lipinski definition) is 7. The molecule has 2 fully saturated rings. The van der Waals surface area contributed by atoms with E-state index in [0.29, 0.717) is 34.7 Å². The molecule has 1 aliphatic heterocycles. The standard InChI is InChI=1S/C27H30F2N8/c1-15(2)37-16(3)33-26-20(28)10-18(11-23(26)37)25-21(29)14-32-27(35-25)34-24-5-4-17(13-31-24)19-12-22(19)36-8-6-30-7-9-36/h4-5,10-11,13-15,19,22,30H,6-9,12H2,1-3H3,(H,31,32,34,35). The Kier molecular flexibility index (Phi) is 6.08. The third-order valence-electron chi connectivity index (χ3n) is 7.29. The zero-order chi connectivity index (χ0) is 25.7. The van der Waals surface area contributed by atoms with Gasteiger partial charge in [-0.1, -0.05) is 6.07 Å². The second-order valence-corrected chi connectivity index (χ2v) is 10.1. The molecule has 0 bridgehead atoms. The summed E-state index contributed by atoms with van der Waals surface area (Å²) in [7, 11) is 0. The van der Waals surface area contributed by atoms with Crippen LogP contribution in [0.1, 0.15) is 43.6 Å². The molecule has 2 unspecified atom stereocenters. The van der Waals surface area contributed by atoms with Gasteiger partial charge in [-0.05, 0) is 51.0 Å². The van der Waals surface area contributed by atoms with Gasteiger partial charge in [0, 0.05) is 55.9 Å². The number of halogens is 2. The molecule has 8 nitrogen and oxygen atoms in total. The number of benzene rings is 1. The van der Waals surface area contributed by atoms with Crippen LogP contribution in [-0.4, -0.2) is 61.6 Å². The van der Waals surface area contributed by atoms with Crippen molar-refractivity contribution in [1.29, 1.82) is 0 Å². The quantitative estimate of drug-likeness (QED) is 0.398. The van der Waals surface area contributed by atoms with Gasteiger partial charge < -0.3 is 15.2 Å². The van der Waals surface area contributed by atoms with Crippen molar-refractivity contribution in [2.75, 3.05) is 31.5 Å². The number of hydrogen-bond donors (Lipinski definition) is 2. The van der Waals surface area contributed by atoms with Crippen molar-refractivity contribution in [2.24, 2.45) is 0 Å². The highest BCUT2D eigenvalue weighted by molar-refractivity contribution is 5.83. The van der Waals surface area contributed by atoms with Crippen molar-refractivity contribution in [3.8, 4) is 11.3 Å². The Bertz CT molecular complexity index is 1440. The number of rotatable bonds is 6. The van der Waals surface area contributed by atoms with Gasteiger partial charge in [-0.2, -0.15) is 0 Å². The molecule has 0 amide bonds. The van der Waals surface area contributed by atoms with E-state index in [2.05, 4.69) is 41.5 Å². The molecule has 1 saturated carbocycles. The summed E-state index contributed by atoms with van der Waals surface area (Å²) >= 11 is 0. The van der Waals surface area contributed by atoms with Crippen LogP contribution in [0, 0.1) is 18.6 Å². The summed E-state index contributed by atoms with van der Waals surface area (Å²) < 4.78 is 31.7. The zero-order valence-electron chi connectivity index (χ0n) is 21.2. The van der Waals surface area contributed by atoms with Gasteiger partial charge in [0.1, 0.15) is 22.9 Å². The van der Waals surface area contributed by atoms with Crippen molar-refractivity contribution >= 4 is 22.8 Å². The third-order valence-corrected chi connectivity index (χ3v) is 7.29. The molecule has 192 valence electrons. The van der Waals surface area contributed by atoms with E-state index in [0.717, 1.165) is 38.8 Å². The van der Waals surface area contributed by atoms with Gasteiger partial charge >= 0.3 is 0 Å². The number of aryl methyl sites for hydroxylation is 1. The van der Waals surface area contributed by atoms with Gasteiger partial charge in [-0.3, -0.25) is 4.90 Å². The smallest absolute Gasteiger partial charge is 0.229 e. The molecule has 10 heteroatoms. The van der Waals surface area contributed by atoms with E-state index in [1.54, 1.807) is 6.07 Å². The van der Waals surface area contributed by atoms with E-state index in [-0.39, 0.29) is 23.2 Å². The van der Waals surface area contributed by atoms with Crippen molar-refractivity contribution in [2.45, 2.75) is 45.2 Å². The minimum absolute atomic E-state index is 0.0147. The molecule has 37 heavy (non-hydrogen) atoms. The Morgan fingerprint density at radius 1 is 1.03 bits per heavy atom. The van der Waals surface area contributed by atoms with Crippen LogP contribution in [0.4, 0.5) is 20.5 Å². The Morgan fingerprint density at radius 2 is 1.84 bits per heavy atom. The van der Waals surface area contributed by atoms with Crippen LogP contribution in [0.15, 0.2) is 36.7 Å². The number of piperazine rings is 1. The van der Waals surface area contributed by atoms with Gasteiger partial charge in [-0.25, -0.2) is 28.7 Å². The van der Waals surface area contributed by atoms with Crippen LogP contribution >= 0.6 is 0 Å². The lowest BCUT2D eigenvalue weighted by Gasteiger charge is -2.27. The number of aromatic nitrogens is 5. The van der Waals surface area contributed by atoms with Crippen LogP contribution in [0.2, 0.25) is 0 Å². The van der Waals surface area contributed by atoms with Crippen LogP contribution in [0.3, 0.4) is 0 Å². The second-order valence-electron chi connectivity index (χ2n) is 10.1. The largest absolute Gasteiger partial charge is 0.326 e. The van der Waals surface area contributed by atoms with Crippen LogP contribution in [-0.2, 0) is 0 Å². The average Bonchev–Trinajstić information content (AvgIpc) is 3.61. The molecule has 6 rings (SSSR count). The fourth-order valence-corrected chi connectivity index (χ4v) is 5.46. The molecule has 2 aliphatic rings. The third kappa shape index (κ3) is 4.55. The highest BCUT2D eigenvalue weighted by Crippen LogP contribution is 2.44. The predicted molar refractivity (Wildman–Crippen MR) is 139 cm³/mol. The topological polar surface area (TPSA) is 83.8 Å². The molecular weight excluding hydrogens is 474 g/mol. The highest BCUT2D eigenvalue weighted by atomic mass is 19.1. The predicted octanol–water partition coefficient (Wildman–Crippen LogP) is 4.56. The number of imidazole rings is 1. The first kappa shape index (κ1) is 23.9. The fraction of sp³-hybridized carbons (Fsp3) is 0.407. The van der Waals surface area contributed by atoms with Crippen molar-refractivity contribution in [3.63, 3.8) is 0 Å². The molecule has 1 saturated heterocycles. The van der Waals surface area contributed by atoms with Crippen LogP contribution in [0.5, 0.6) is 0 Å². The van der Waals surface area contributed by atoms with Crippen molar-refractivity contribution in [3.05, 3.63) is 59.7 Å². The molecule has 2 N–H and O–H groups in total.